The van der Waals surface area contributed by atoms with Crippen molar-refractivity contribution >= 4 is 5.91 Å². The number of amides is 1. The van der Waals surface area contributed by atoms with E-state index < -0.39 is 0 Å². The SMILES string of the molecule is CN(Cc1ccccc1)C(=O)c1cc(OCc2ccccc2)ncn1. The maximum atomic E-state index is 12.6. The summed E-state index contributed by atoms with van der Waals surface area (Å²) in [5.74, 6) is 0.214. The number of ether oxygens (including phenoxy) is 1. The van der Waals surface area contributed by atoms with Gasteiger partial charge in [-0.15, -0.1) is 0 Å². The zero-order valence-corrected chi connectivity index (χ0v) is 14.0. The van der Waals surface area contributed by atoms with Crippen LogP contribution in [0.1, 0.15) is 21.6 Å². The molecule has 0 atom stereocenters. The Hall–Kier alpha value is -3.21. The van der Waals surface area contributed by atoms with Crippen molar-refractivity contribution in [3.63, 3.8) is 0 Å². The first-order chi connectivity index (χ1) is 12.2. The predicted octanol–water partition coefficient (Wildman–Crippen LogP) is 3.33. The summed E-state index contributed by atoms with van der Waals surface area (Å²) in [6.07, 6.45) is 1.35. The van der Waals surface area contributed by atoms with E-state index in [-0.39, 0.29) is 5.91 Å². The van der Waals surface area contributed by atoms with Crippen LogP contribution in [0.15, 0.2) is 73.1 Å². The van der Waals surface area contributed by atoms with Crippen LogP contribution in [0, 0.1) is 0 Å². The Balaban J connectivity index is 1.64. The lowest BCUT2D eigenvalue weighted by atomic mass is 10.2. The van der Waals surface area contributed by atoms with Crippen LogP contribution < -0.4 is 4.74 Å². The second kappa shape index (κ2) is 8.06. The Morgan fingerprint density at radius 2 is 1.60 bits per heavy atom. The molecule has 0 aliphatic carbocycles. The van der Waals surface area contributed by atoms with Gasteiger partial charge < -0.3 is 9.64 Å². The van der Waals surface area contributed by atoms with Crippen LogP contribution in [0.3, 0.4) is 0 Å². The van der Waals surface area contributed by atoms with Gasteiger partial charge in [0.1, 0.15) is 18.6 Å². The Labute approximate surface area is 146 Å². The summed E-state index contributed by atoms with van der Waals surface area (Å²) in [6.45, 7) is 0.912. The summed E-state index contributed by atoms with van der Waals surface area (Å²) < 4.78 is 5.66. The second-order valence-electron chi connectivity index (χ2n) is 5.66. The molecular formula is C20H19N3O2. The first-order valence-electron chi connectivity index (χ1n) is 8.00. The third-order valence-corrected chi connectivity index (χ3v) is 3.70. The fraction of sp³-hybridized carbons (Fsp3) is 0.150. The highest BCUT2D eigenvalue weighted by molar-refractivity contribution is 5.92. The molecule has 0 saturated carbocycles. The number of rotatable bonds is 6. The van der Waals surface area contributed by atoms with Gasteiger partial charge in [-0.25, -0.2) is 9.97 Å². The van der Waals surface area contributed by atoms with Crippen molar-refractivity contribution in [2.24, 2.45) is 0 Å². The number of benzene rings is 2. The topological polar surface area (TPSA) is 55.3 Å². The zero-order valence-electron chi connectivity index (χ0n) is 14.0. The molecule has 0 spiro atoms. The number of hydrogen-bond donors (Lipinski definition) is 0. The molecule has 5 nitrogen and oxygen atoms in total. The molecule has 1 aromatic heterocycles. The van der Waals surface area contributed by atoms with Gasteiger partial charge in [-0.05, 0) is 11.1 Å². The van der Waals surface area contributed by atoms with E-state index >= 15 is 0 Å². The van der Waals surface area contributed by atoms with E-state index in [0.717, 1.165) is 11.1 Å². The molecule has 0 unspecified atom stereocenters. The molecule has 2 aromatic carbocycles. The zero-order chi connectivity index (χ0) is 17.5. The lowest BCUT2D eigenvalue weighted by Crippen LogP contribution is -2.27. The highest BCUT2D eigenvalue weighted by atomic mass is 16.5. The van der Waals surface area contributed by atoms with Crippen LogP contribution in [0.4, 0.5) is 0 Å². The average molecular weight is 333 g/mol. The summed E-state index contributed by atoms with van der Waals surface area (Å²) in [5, 5.41) is 0. The van der Waals surface area contributed by atoms with Gasteiger partial charge >= 0.3 is 0 Å². The average Bonchev–Trinajstić information content (AvgIpc) is 2.67. The summed E-state index contributed by atoms with van der Waals surface area (Å²) >= 11 is 0. The van der Waals surface area contributed by atoms with Crippen LogP contribution in [0.25, 0.3) is 0 Å². The van der Waals surface area contributed by atoms with Crippen molar-refractivity contribution in [1.29, 1.82) is 0 Å². The Kier molecular flexibility index (Phi) is 5.36. The number of nitrogens with zero attached hydrogens (tertiary/aromatic N) is 3. The Morgan fingerprint density at radius 1 is 0.960 bits per heavy atom. The van der Waals surface area contributed by atoms with E-state index in [0.29, 0.717) is 24.7 Å². The Morgan fingerprint density at radius 3 is 2.28 bits per heavy atom. The van der Waals surface area contributed by atoms with Crippen LogP contribution in [0.5, 0.6) is 5.88 Å². The minimum absolute atomic E-state index is 0.171. The Bertz CT molecular complexity index is 823. The van der Waals surface area contributed by atoms with Gasteiger partial charge in [0.05, 0.1) is 0 Å². The van der Waals surface area contributed by atoms with Gasteiger partial charge in [0.15, 0.2) is 0 Å². The van der Waals surface area contributed by atoms with Crippen LogP contribution in [-0.2, 0) is 13.2 Å². The minimum Gasteiger partial charge on any atom is -0.473 e. The van der Waals surface area contributed by atoms with E-state index in [4.69, 9.17) is 4.74 Å². The second-order valence-corrected chi connectivity index (χ2v) is 5.66. The molecule has 0 N–H and O–H groups in total. The molecule has 1 heterocycles. The molecular weight excluding hydrogens is 314 g/mol. The molecule has 0 bridgehead atoms. The van der Waals surface area contributed by atoms with Gasteiger partial charge in [0.25, 0.3) is 5.91 Å². The number of carbonyl (C=O) groups is 1. The fourth-order valence-electron chi connectivity index (χ4n) is 2.39. The summed E-state index contributed by atoms with van der Waals surface area (Å²) in [4.78, 5) is 22.3. The molecule has 3 rings (SSSR count). The van der Waals surface area contributed by atoms with Gasteiger partial charge in [0.2, 0.25) is 5.88 Å². The van der Waals surface area contributed by atoms with E-state index in [9.17, 15) is 4.79 Å². The lowest BCUT2D eigenvalue weighted by molar-refractivity contribution is 0.0778. The van der Waals surface area contributed by atoms with Crippen molar-refractivity contribution in [1.82, 2.24) is 14.9 Å². The van der Waals surface area contributed by atoms with Gasteiger partial charge in [-0.2, -0.15) is 0 Å². The molecule has 126 valence electrons. The molecule has 0 saturated heterocycles. The van der Waals surface area contributed by atoms with Crippen molar-refractivity contribution < 1.29 is 9.53 Å². The van der Waals surface area contributed by atoms with Gasteiger partial charge in [-0.3, -0.25) is 4.79 Å². The molecule has 25 heavy (non-hydrogen) atoms. The highest BCUT2D eigenvalue weighted by Crippen LogP contribution is 2.12. The lowest BCUT2D eigenvalue weighted by Gasteiger charge is -2.17. The third-order valence-electron chi connectivity index (χ3n) is 3.70. The van der Waals surface area contributed by atoms with Gasteiger partial charge in [-0.1, -0.05) is 60.7 Å². The van der Waals surface area contributed by atoms with Gasteiger partial charge in [0, 0.05) is 19.7 Å². The molecule has 0 aliphatic rings. The third kappa shape index (κ3) is 4.64. The van der Waals surface area contributed by atoms with E-state index in [1.54, 1.807) is 18.0 Å². The van der Waals surface area contributed by atoms with Crippen molar-refractivity contribution in [2.45, 2.75) is 13.2 Å². The molecule has 0 radical (unpaired) electrons. The van der Waals surface area contributed by atoms with Crippen molar-refractivity contribution in [2.75, 3.05) is 7.05 Å². The van der Waals surface area contributed by atoms with Crippen LogP contribution >= 0.6 is 0 Å². The highest BCUT2D eigenvalue weighted by Gasteiger charge is 2.15. The first-order valence-corrected chi connectivity index (χ1v) is 8.00. The van der Waals surface area contributed by atoms with Crippen LogP contribution in [-0.4, -0.2) is 27.8 Å². The maximum absolute atomic E-state index is 12.6. The molecule has 1 amide bonds. The molecule has 0 aliphatic heterocycles. The van der Waals surface area contributed by atoms with Crippen LogP contribution in [0.2, 0.25) is 0 Å². The standard InChI is InChI=1S/C20H19N3O2/c1-23(13-16-8-4-2-5-9-16)20(24)18-12-19(22-15-21-18)25-14-17-10-6-3-7-11-17/h2-12,15H,13-14H2,1H3. The normalized spacial score (nSPS) is 10.3. The van der Waals surface area contributed by atoms with Crippen molar-refractivity contribution in [3.8, 4) is 5.88 Å². The van der Waals surface area contributed by atoms with E-state index in [1.165, 1.54) is 6.33 Å². The largest absolute Gasteiger partial charge is 0.473 e. The predicted molar refractivity (Wildman–Crippen MR) is 95.0 cm³/mol. The molecule has 3 aromatic rings. The van der Waals surface area contributed by atoms with E-state index in [1.807, 2.05) is 60.7 Å². The van der Waals surface area contributed by atoms with E-state index in [2.05, 4.69) is 9.97 Å². The first kappa shape index (κ1) is 16.6. The minimum atomic E-state index is -0.171. The summed E-state index contributed by atoms with van der Waals surface area (Å²) in [7, 11) is 1.75. The number of hydrogen-bond acceptors (Lipinski definition) is 4. The quantitative estimate of drug-likeness (QED) is 0.694. The number of aromatic nitrogens is 2. The fourth-order valence-corrected chi connectivity index (χ4v) is 2.39. The summed E-state index contributed by atoms with van der Waals surface area (Å²) in [6, 6.07) is 21.2. The molecule has 5 heteroatoms. The number of carbonyl (C=O) groups excluding carboxylic acids is 1. The maximum Gasteiger partial charge on any atom is 0.272 e. The van der Waals surface area contributed by atoms with Crippen molar-refractivity contribution in [3.05, 3.63) is 89.9 Å². The smallest absolute Gasteiger partial charge is 0.272 e. The summed E-state index contributed by atoms with van der Waals surface area (Å²) in [5.41, 5.74) is 2.42. The monoisotopic (exact) mass is 333 g/mol. The molecule has 0 fully saturated rings.